The summed E-state index contributed by atoms with van der Waals surface area (Å²) in [5.41, 5.74) is 8.30. The van der Waals surface area contributed by atoms with Crippen molar-refractivity contribution in [2.75, 3.05) is 6.54 Å². The first-order chi connectivity index (χ1) is 11.8. The van der Waals surface area contributed by atoms with E-state index >= 15 is 0 Å². The van der Waals surface area contributed by atoms with E-state index in [1.54, 1.807) is 11.3 Å². The highest BCUT2D eigenvalue weighted by molar-refractivity contribution is 7.13. The van der Waals surface area contributed by atoms with Gasteiger partial charge in [-0.25, -0.2) is 4.98 Å². The molecule has 0 atom stereocenters. The third kappa shape index (κ3) is 5.06. The minimum Gasteiger partial charge on any atom is -0.370 e. The smallest absolute Gasteiger partial charge is 0.188 e. The minimum atomic E-state index is 0.500. The lowest BCUT2D eigenvalue weighted by molar-refractivity contribution is 0.530. The van der Waals surface area contributed by atoms with Gasteiger partial charge in [-0.2, -0.15) is 0 Å². The molecule has 0 spiro atoms. The van der Waals surface area contributed by atoms with Crippen LogP contribution in [0.25, 0.3) is 10.6 Å². The second-order valence-electron chi connectivity index (χ2n) is 6.36. The Balaban J connectivity index is 1.48. The van der Waals surface area contributed by atoms with Crippen LogP contribution in [0.2, 0.25) is 0 Å². The molecule has 5 heteroatoms. The maximum atomic E-state index is 6.04. The molecule has 0 unspecified atom stereocenters. The van der Waals surface area contributed by atoms with Crippen molar-refractivity contribution in [3.63, 3.8) is 0 Å². The first kappa shape index (κ1) is 17.0. The fourth-order valence-corrected chi connectivity index (χ4v) is 3.96. The molecule has 0 bridgehead atoms. The van der Waals surface area contributed by atoms with E-state index in [2.05, 4.69) is 27.8 Å². The number of rotatable bonds is 5. The molecule has 24 heavy (non-hydrogen) atoms. The number of benzene rings is 1. The molecule has 0 aliphatic heterocycles. The van der Waals surface area contributed by atoms with Gasteiger partial charge in [0.05, 0.1) is 5.69 Å². The van der Waals surface area contributed by atoms with E-state index in [9.17, 15) is 0 Å². The van der Waals surface area contributed by atoms with Crippen molar-refractivity contribution in [1.29, 1.82) is 0 Å². The SMILES string of the molecule is NC(=NCCc1csc(-c2ccccc2)n1)NC1CCCCCC1. The summed E-state index contributed by atoms with van der Waals surface area (Å²) in [6.45, 7) is 0.684. The zero-order valence-corrected chi connectivity index (χ0v) is 14.9. The number of nitrogens with two attached hydrogens (primary N) is 1. The highest BCUT2D eigenvalue weighted by Crippen LogP contribution is 2.23. The molecule has 2 aromatic rings. The summed E-state index contributed by atoms with van der Waals surface area (Å²) >= 11 is 1.69. The number of nitrogens with zero attached hydrogens (tertiary/aromatic N) is 2. The summed E-state index contributed by atoms with van der Waals surface area (Å²) in [6.07, 6.45) is 8.55. The number of thiazole rings is 1. The highest BCUT2D eigenvalue weighted by atomic mass is 32.1. The van der Waals surface area contributed by atoms with Crippen molar-refractivity contribution in [3.05, 3.63) is 41.4 Å². The molecule has 1 saturated carbocycles. The molecular weight excluding hydrogens is 316 g/mol. The monoisotopic (exact) mass is 342 g/mol. The lowest BCUT2D eigenvalue weighted by atomic mass is 10.1. The summed E-state index contributed by atoms with van der Waals surface area (Å²) < 4.78 is 0. The van der Waals surface area contributed by atoms with Crippen LogP contribution >= 0.6 is 11.3 Å². The number of hydrogen-bond acceptors (Lipinski definition) is 3. The maximum Gasteiger partial charge on any atom is 0.188 e. The van der Waals surface area contributed by atoms with Gasteiger partial charge in [-0.15, -0.1) is 11.3 Å². The Hall–Kier alpha value is -1.88. The number of aromatic nitrogens is 1. The van der Waals surface area contributed by atoms with Gasteiger partial charge in [0.2, 0.25) is 0 Å². The molecule has 1 fully saturated rings. The molecule has 1 aliphatic carbocycles. The molecule has 128 valence electrons. The normalized spacial score (nSPS) is 16.8. The Labute approximate surface area is 148 Å². The highest BCUT2D eigenvalue weighted by Gasteiger charge is 2.12. The third-order valence-corrected chi connectivity index (χ3v) is 5.37. The van der Waals surface area contributed by atoms with Gasteiger partial charge in [0.25, 0.3) is 0 Å². The molecule has 1 aliphatic rings. The van der Waals surface area contributed by atoms with Gasteiger partial charge in [-0.1, -0.05) is 56.0 Å². The number of nitrogens with one attached hydrogen (secondary N) is 1. The van der Waals surface area contributed by atoms with Crippen molar-refractivity contribution >= 4 is 17.3 Å². The number of aliphatic imine (C=N–C) groups is 1. The summed E-state index contributed by atoms with van der Waals surface area (Å²) in [7, 11) is 0. The van der Waals surface area contributed by atoms with Gasteiger partial charge >= 0.3 is 0 Å². The van der Waals surface area contributed by atoms with Crippen LogP contribution in [0.5, 0.6) is 0 Å². The van der Waals surface area contributed by atoms with Gasteiger partial charge in [0.1, 0.15) is 5.01 Å². The van der Waals surface area contributed by atoms with Crippen LogP contribution in [-0.4, -0.2) is 23.5 Å². The molecular formula is C19H26N4S. The fourth-order valence-electron chi connectivity index (χ4n) is 3.10. The molecule has 4 nitrogen and oxygen atoms in total. The van der Waals surface area contributed by atoms with Crippen molar-refractivity contribution in [3.8, 4) is 10.6 Å². The fraction of sp³-hybridized carbons (Fsp3) is 0.474. The van der Waals surface area contributed by atoms with E-state index in [4.69, 9.17) is 10.7 Å². The Morgan fingerprint density at radius 2 is 1.92 bits per heavy atom. The molecule has 1 aromatic heterocycles. The van der Waals surface area contributed by atoms with Crippen LogP contribution in [-0.2, 0) is 6.42 Å². The second-order valence-corrected chi connectivity index (χ2v) is 7.22. The Morgan fingerprint density at radius 3 is 2.67 bits per heavy atom. The molecule has 1 heterocycles. The van der Waals surface area contributed by atoms with Crippen molar-refractivity contribution in [2.24, 2.45) is 10.7 Å². The van der Waals surface area contributed by atoms with Gasteiger partial charge in [-0.3, -0.25) is 4.99 Å². The zero-order valence-electron chi connectivity index (χ0n) is 14.1. The van der Waals surface area contributed by atoms with Crippen molar-refractivity contribution < 1.29 is 0 Å². The van der Waals surface area contributed by atoms with Crippen LogP contribution in [0.4, 0.5) is 0 Å². The van der Waals surface area contributed by atoms with E-state index < -0.39 is 0 Å². The van der Waals surface area contributed by atoms with Gasteiger partial charge < -0.3 is 11.1 Å². The lowest BCUT2D eigenvalue weighted by Gasteiger charge is -2.16. The van der Waals surface area contributed by atoms with Gasteiger partial charge in [-0.05, 0) is 12.8 Å². The van der Waals surface area contributed by atoms with E-state index in [0.29, 0.717) is 18.5 Å². The summed E-state index contributed by atoms with van der Waals surface area (Å²) in [6, 6.07) is 10.8. The van der Waals surface area contributed by atoms with Crippen LogP contribution < -0.4 is 11.1 Å². The average molecular weight is 343 g/mol. The van der Waals surface area contributed by atoms with Gasteiger partial charge in [0, 0.05) is 30.0 Å². The van der Waals surface area contributed by atoms with Crippen LogP contribution in [0.3, 0.4) is 0 Å². The number of hydrogen-bond donors (Lipinski definition) is 2. The third-order valence-electron chi connectivity index (χ3n) is 4.43. The van der Waals surface area contributed by atoms with Crippen LogP contribution in [0, 0.1) is 0 Å². The Morgan fingerprint density at radius 1 is 1.17 bits per heavy atom. The molecule has 0 radical (unpaired) electrons. The summed E-state index contributed by atoms with van der Waals surface area (Å²) in [5.74, 6) is 0.584. The van der Waals surface area contributed by atoms with Crippen LogP contribution in [0.1, 0.15) is 44.2 Å². The van der Waals surface area contributed by atoms with Crippen LogP contribution in [0.15, 0.2) is 40.7 Å². The van der Waals surface area contributed by atoms with E-state index in [1.165, 1.54) is 44.1 Å². The largest absolute Gasteiger partial charge is 0.370 e. The Kier molecular flexibility index (Phi) is 6.24. The van der Waals surface area contributed by atoms with E-state index in [-0.39, 0.29) is 0 Å². The summed E-state index contributed by atoms with van der Waals surface area (Å²) in [4.78, 5) is 9.17. The quantitative estimate of drug-likeness (QED) is 0.491. The topological polar surface area (TPSA) is 63.3 Å². The average Bonchev–Trinajstić information content (AvgIpc) is 2.93. The molecule has 3 N–H and O–H groups in total. The Bertz CT molecular complexity index is 642. The standard InChI is InChI=1S/C19H26N4S/c20-19(23-16-10-6-1-2-7-11-16)21-13-12-17-14-24-18(22-17)15-8-4-3-5-9-15/h3-5,8-9,14,16H,1-2,6-7,10-13H2,(H3,20,21,23). The molecule has 1 aromatic carbocycles. The first-order valence-electron chi connectivity index (χ1n) is 8.87. The predicted molar refractivity (Wildman–Crippen MR) is 102 cm³/mol. The van der Waals surface area contributed by atoms with E-state index in [0.717, 1.165) is 17.1 Å². The first-order valence-corrected chi connectivity index (χ1v) is 9.75. The summed E-state index contributed by atoms with van der Waals surface area (Å²) in [5, 5.41) is 6.57. The second kappa shape index (κ2) is 8.83. The van der Waals surface area contributed by atoms with E-state index in [1.807, 2.05) is 18.2 Å². The van der Waals surface area contributed by atoms with Crippen molar-refractivity contribution in [2.45, 2.75) is 51.0 Å². The maximum absolute atomic E-state index is 6.04. The molecule has 3 rings (SSSR count). The van der Waals surface area contributed by atoms with Gasteiger partial charge in [0.15, 0.2) is 5.96 Å². The van der Waals surface area contributed by atoms with Crippen molar-refractivity contribution in [1.82, 2.24) is 10.3 Å². The molecule has 0 amide bonds. The predicted octanol–water partition coefficient (Wildman–Crippen LogP) is 3.98. The lowest BCUT2D eigenvalue weighted by Crippen LogP contribution is -2.40. The number of guanidine groups is 1. The molecule has 0 saturated heterocycles. The minimum absolute atomic E-state index is 0.500. The zero-order chi connectivity index (χ0) is 16.6.